The fraction of sp³-hybridized carbons (Fsp3) is 0.467. The van der Waals surface area contributed by atoms with Crippen LogP contribution in [-0.4, -0.2) is 89.4 Å². The minimum Gasteiger partial charge on any atom is -0.493 e. The molecule has 11 nitrogen and oxygen atoms in total. The molecular weight excluding hydrogens is 534 g/mol. The van der Waals surface area contributed by atoms with E-state index in [1.807, 2.05) is 18.2 Å². The number of hydrogen-bond donors (Lipinski definition) is 2. The Morgan fingerprint density at radius 2 is 1.41 bits per heavy atom. The van der Waals surface area contributed by atoms with Gasteiger partial charge >= 0.3 is 11.9 Å². The monoisotopic (exact) mass is 574 g/mol. The van der Waals surface area contributed by atoms with E-state index in [9.17, 15) is 14.7 Å². The number of rotatable bonds is 14. The van der Waals surface area contributed by atoms with Crippen molar-refractivity contribution in [3.63, 3.8) is 0 Å². The number of methoxy groups -OCH3 is 6. The fourth-order valence-electron chi connectivity index (χ4n) is 5.73. The van der Waals surface area contributed by atoms with Crippen LogP contribution in [0.1, 0.15) is 35.6 Å². The molecule has 1 heterocycles. The zero-order valence-electron chi connectivity index (χ0n) is 24.7. The van der Waals surface area contributed by atoms with Crippen molar-refractivity contribution >= 4 is 11.9 Å². The molecule has 1 aliphatic heterocycles. The molecule has 0 unspecified atom stereocenters. The van der Waals surface area contributed by atoms with Gasteiger partial charge in [-0.15, -0.1) is 0 Å². The number of nitrogens with zero attached hydrogens (tertiary/aromatic N) is 1. The fourth-order valence-corrected chi connectivity index (χ4v) is 5.73. The normalized spacial score (nSPS) is 18.2. The highest BCUT2D eigenvalue weighted by atomic mass is 16.5. The van der Waals surface area contributed by atoms with E-state index in [0.717, 1.165) is 35.7 Å². The van der Waals surface area contributed by atoms with Crippen LogP contribution in [0.25, 0.3) is 0 Å². The maximum atomic E-state index is 11.6. The van der Waals surface area contributed by atoms with E-state index >= 15 is 0 Å². The van der Waals surface area contributed by atoms with Gasteiger partial charge in [-0.2, -0.15) is 0 Å². The summed E-state index contributed by atoms with van der Waals surface area (Å²) in [6.07, 6.45) is 2.65. The third-order valence-corrected chi connectivity index (χ3v) is 7.77. The van der Waals surface area contributed by atoms with Crippen LogP contribution >= 0.6 is 0 Å². The number of carboxylic acid groups (broad SMARTS) is 2. The molecule has 0 aromatic heterocycles. The summed E-state index contributed by atoms with van der Waals surface area (Å²) in [5.74, 6) is 0.723. The maximum Gasteiger partial charge on any atom is 0.331 e. The lowest BCUT2D eigenvalue weighted by atomic mass is 9.85. The van der Waals surface area contributed by atoms with Gasteiger partial charge in [-0.05, 0) is 35.7 Å². The van der Waals surface area contributed by atoms with Crippen molar-refractivity contribution < 1.29 is 52.7 Å². The summed E-state index contributed by atoms with van der Waals surface area (Å²) in [6.45, 7) is 1.35. The predicted molar refractivity (Wildman–Crippen MR) is 151 cm³/mol. The Balaban J connectivity index is 2.14. The third-order valence-electron chi connectivity index (χ3n) is 7.77. The highest BCUT2D eigenvalue weighted by Gasteiger charge is 2.43. The van der Waals surface area contributed by atoms with E-state index in [2.05, 4.69) is 7.05 Å². The minimum atomic E-state index is -1.28. The summed E-state index contributed by atoms with van der Waals surface area (Å²) < 4.78 is 34.6. The quantitative estimate of drug-likeness (QED) is 0.253. The van der Waals surface area contributed by atoms with Gasteiger partial charge < -0.3 is 43.1 Å². The molecule has 11 heteroatoms. The smallest absolute Gasteiger partial charge is 0.331 e. The number of benzene rings is 2. The van der Waals surface area contributed by atoms with Gasteiger partial charge in [0, 0.05) is 30.9 Å². The lowest BCUT2D eigenvalue weighted by Crippen LogP contribution is -2.52. The molecule has 0 saturated heterocycles. The molecular formula is C30H40NO10+. The molecule has 2 atom stereocenters. The van der Waals surface area contributed by atoms with E-state index in [1.54, 1.807) is 42.7 Å². The summed E-state index contributed by atoms with van der Waals surface area (Å²) >= 11 is 0. The van der Waals surface area contributed by atoms with Crippen molar-refractivity contribution in [3.8, 4) is 34.5 Å². The number of fused-ring (bicyclic) bond motifs is 1. The standard InChI is InChI=1S/C30H39NO10/c1-31(11-8-9-20(30(34)35)17-25(32)33)12-10-19-16-24(38-4)28(40-6)29(41-7)26(19)21(31)13-18-14-22(36-2)27(39-5)23(15-18)37-3/h14-17,21H,8-13H2,1-7H3,(H-,32,33,34,35)/p+1/t21-,31+/m0/s1. The lowest BCUT2D eigenvalue weighted by molar-refractivity contribution is -0.941. The Kier molecular flexibility index (Phi) is 10.3. The third kappa shape index (κ3) is 6.62. The van der Waals surface area contributed by atoms with Crippen molar-refractivity contribution in [3.05, 3.63) is 46.5 Å². The first kappa shape index (κ1) is 31.4. The molecule has 41 heavy (non-hydrogen) atoms. The van der Waals surface area contributed by atoms with E-state index in [1.165, 1.54) is 0 Å². The van der Waals surface area contributed by atoms with Crippen molar-refractivity contribution in [1.29, 1.82) is 0 Å². The Hall–Kier alpha value is -4.12. The molecule has 2 aromatic carbocycles. The van der Waals surface area contributed by atoms with Gasteiger partial charge in [0.15, 0.2) is 23.0 Å². The second-order valence-electron chi connectivity index (χ2n) is 10.1. The SMILES string of the molecule is COc1cc(C[C@H]2c3c(cc(OC)c(OC)c3OC)CC[N@@+]2(C)CCCC(=CC(=O)O)C(=O)O)cc(OC)c1OC. The topological polar surface area (TPSA) is 130 Å². The Labute approximate surface area is 240 Å². The van der Waals surface area contributed by atoms with Gasteiger partial charge in [-0.25, -0.2) is 9.59 Å². The minimum absolute atomic E-state index is 0.127. The van der Waals surface area contributed by atoms with Crippen molar-refractivity contribution in [2.75, 3.05) is 62.8 Å². The number of likely N-dealkylation sites (N-methyl/N-ethyl adjacent to an activating group) is 1. The zero-order valence-corrected chi connectivity index (χ0v) is 24.7. The van der Waals surface area contributed by atoms with Gasteiger partial charge in [-0.1, -0.05) is 0 Å². The van der Waals surface area contributed by atoms with Crippen molar-refractivity contribution in [1.82, 2.24) is 0 Å². The summed E-state index contributed by atoms with van der Waals surface area (Å²) in [5.41, 5.74) is 2.86. The first-order chi connectivity index (χ1) is 19.6. The molecule has 2 N–H and O–H groups in total. The van der Waals surface area contributed by atoms with Gasteiger partial charge in [0.25, 0.3) is 0 Å². The Bertz CT molecular complexity index is 1280. The number of ether oxygens (including phenoxy) is 6. The van der Waals surface area contributed by atoms with Gasteiger partial charge in [-0.3, -0.25) is 0 Å². The second-order valence-corrected chi connectivity index (χ2v) is 10.1. The van der Waals surface area contributed by atoms with Gasteiger partial charge in [0.2, 0.25) is 11.5 Å². The molecule has 3 rings (SSSR count). The molecule has 0 fully saturated rings. The Morgan fingerprint density at radius 3 is 1.90 bits per heavy atom. The Morgan fingerprint density at radius 1 is 0.854 bits per heavy atom. The van der Waals surface area contributed by atoms with Crippen molar-refractivity contribution in [2.45, 2.75) is 31.7 Å². The number of carboxylic acids is 2. The molecule has 0 saturated carbocycles. The summed E-state index contributed by atoms with van der Waals surface area (Å²) in [4.78, 5) is 22.8. The first-order valence-corrected chi connectivity index (χ1v) is 13.2. The van der Waals surface area contributed by atoms with Crippen LogP contribution in [0.5, 0.6) is 34.5 Å². The van der Waals surface area contributed by atoms with E-state index in [4.69, 9.17) is 33.5 Å². The van der Waals surface area contributed by atoms with Crippen LogP contribution in [0, 0.1) is 0 Å². The lowest BCUT2D eigenvalue weighted by Gasteiger charge is -2.46. The average Bonchev–Trinajstić information content (AvgIpc) is 2.96. The first-order valence-electron chi connectivity index (χ1n) is 13.2. The largest absolute Gasteiger partial charge is 0.493 e. The van der Waals surface area contributed by atoms with Crippen LogP contribution < -0.4 is 28.4 Å². The highest BCUT2D eigenvalue weighted by Crippen LogP contribution is 2.51. The van der Waals surface area contributed by atoms with E-state index in [0.29, 0.717) is 58.4 Å². The summed E-state index contributed by atoms with van der Waals surface area (Å²) in [7, 11) is 11.6. The summed E-state index contributed by atoms with van der Waals surface area (Å²) in [5, 5.41) is 18.6. The maximum absolute atomic E-state index is 11.6. The molecule has 0 aliphatic carbocycles. The van der Waals surface area contributed by atoms with Crippen LogP contribution in [0.4, 0.5) is 0 Å². The molecule has 0 radical (unpaired) electrons. The van der Waals surface area contributed by atoms with Crippen LogP contribution in [0.15, 0.2) is 29.8 Å². The second kappa shape index (κ2) is 13.5. The highest BCUT2D eigenvalue weighted by molar-refractivity contribution is 5.94. The van der Waals surface area contributed by atoms with Gasteiger partial charge in [0.05, 0.1) is 68.4 Å². The van der Waals surface area contributed by atoms with Crippen molar-refractivity contribution in [2.24, 2.45) is 0 Å². The van der Waals surface area contributed by atoms with E-state index < -0.39 is 11.9 Å². The molecule has 0 spiro atoms. The van der Waals surface area contributed by atoms with E-state index in [-0.39, 0.29) is 18.0 Å². The average molecular weight is 575 g/mol. The molecule has 0 amide bonds. The predicted octanol–water partition coefficient (Wildman–Crippen LogP) is 3.90. The molecule has 1 aliphatic rings. The van der Waals surface area contributed by atoms with Crippen LogP contribution in [0.2, 0.25) is 0 Å². The van der Waals surface area contributed by atoms with Crippen LogP contribution in [0.3, 0.4) is 0 Å². The molecule has 0 bridgehead atoms. The van der Waals surface area contributed by atoms with Gasteiger partial charge in [0.1, 0.15) is 6.04 Å². The number of quaternary nitrogens is 1. The van der Waals surface area contributed by atoms with Crippen LogP contribution in [-0.2, 0) is 22.4 Å². The number of hydrogen-bond acceptors (Lipinski definition) is 8. The number of carbonyl (C=O) groups is 2. The zero-order chi connectivity index (χ0) is 30.3. The molecule has 2 aromatic rings. The summed E-state index contributed by atoms with van der Waals surface area (Å²) in [6, 6.07) is 5.69. The molecule has 224 valence electrons. The number of aliphatic carboxylic acids is 2.